The third-order valence-corrected chi connectivity index (χ3v) is 3.97. The number of hydrogen-bond acceptors (Lipinski definition) is 2. The van der Waals surface area contributed by atoms with E-state index in [0.717, 1.165) is 25.0 Å². The van der Waals surface area contributed by atoms with Crippen molar-refractivity contribution in [1.82, 2.24) is 5.32 Å². The highest BCUT2D eigenvalue weighted by atomic mass is 16.5. The Morgan fingerprint density at radius 3 is 2.72 bits per heavy atom. The maximum absolute atomic E-state index is 6.15. The number of hydrogen-bond donors (Lipinski definition) is 1. The molecular formula is C16H33NO. The second-order valence-electron chi connectivity index (χ2n) is 6.42. The predicted octanol–water partition coefficient (Wildman–Crippen LogP) is 4.00. The first-order valence-corrected chi connectivity index (χ1v) is 7.98. The van der Waals surface area contributed by atoms with Crippen molar-refractivity contribution in [3.8, 4) is 0 Å². The van der Waals surface area contributed by atoms with Gasteiger partial charge in [0.15, 0.2) is 0 Å². The third-order valence-electron chi connectivity index (χ3n) is 3.97. The van der Waals surface area contributed by atoms with Crippen molar-refractivity contribution in [3.05, 3.63) is 0 Å². The Morgan fingerprint density at radius 2 is 2.06 bits per heavy atom. The SMILES string of the molecule is CCCNC1CCC(C)CC1OCCCC(C)C. The van der Waals surface area contributed by atoms with E-state index in [9.17, 15) is 0 Å². The summed E-state index contributed by atoms with van der Waals surface area (Å²) in [6.45, 7) is 11.2. The molecule has 0 heterocycles. The van der Waals surface area contributed by atoms with Crippen LogP contribution in [0.3, 0.4) is 0 Å². The van der Waals surface area contributed by atoms with E-state index >= 15 is 0 Å². The van der Waals surface area contributed by atoms with Gasteiger partial charge in [0.1, 0.15) is 0 Å². The van der Waals surface area contributed by atoms with Gasteiger partial charge in [0, 0.05) is 12.6 Å². The summed E-state index contributed by atoms with van der Waals surface area (Å²) in [5, 5.41) is 3.67. The molecule has 3 atom stereocenters. The van der Waals surface area contributed by atoms with Crippen LogP contribution in [0.1, 0.15) is 66.2 Å². The first-order valence-electron chi connectivity index (χ1n) is 7.98. The molecule has 1 saturated carbocycles. The molecule has 0 amide bonds. The number of ether oxygens (including phenoxy) is 1. The lowest BCUT2D eigenvalue weighted by atomic mass is 9.85. The van der Waals surface area contributed by atoms with Crippen LogP contribution in [0.4, 0.5) is 0 Å². The lowest BCUT2D eigenvalue weighted by Gasteiger charge is -2.35. The number of nitrogens with one attached hydrogen (secondary N) is 1. The van der Waals surface area contributed by atoms with Gasteiger partial charge in [-0.05, 0) is 56.9 Å². The minimum Gasteiger partial charge on any atom is -0.377 e. The van der Waals surface area contributed by atoms with Crippen molar-refractivity contribution in [1.29, 1.82) is 0 Å². The maximum atomic E-state index is 6.15. The highest BCUT2D eigenvalue weighted by Crippen LogP contribution is 2.26. The molecule has 0 saturated heterocycles. The van der Waals surface area contributed by atoms with Gasteiger partial charge >= 0.3 is 0 Å². The lowest BCUT2D eigenvalue weighted by molar-refractivity contribution is -0.00964. The second kappa shape index (κ2) is 8.92. The van der Waals surface area contributed by atoms with E-state index in [4.69, 9.17) is 4.74 Å². The minimum atomic E-state index is 0.451. The summed E-state index contributed by atoms with van der Waals surface area (Å²) in [6.07, 6.45) is 8.05. The Balaban J connectivity index is 2.27. The molecule has 1 rings (SSSR count). The van der Waals surface area contributed by atoms with E-state index in [0.29, 0.717) is 12.1 Å². The van der Waals surface area contributed by atoms with Gasteiger partial charge in [0.2, 0.25) is 0 Å². The van der Waals surface area contributed by atoms with Crippen molar-refractivity contribution < 1.29 is 4.74 Å². The van der Waals surface area contributed by atoms with E-state index in [2.05, 4.69) is 33.0 Å². The minimum absolute atomic E-state index is 0.451. The molecule has 1 N–H and O–H groups in total. The first kappa shape index (κ1) is 16.0. The van der Waals surface area contributed by atoms with Crippen molar-refractivity contribution in [3.63, 3.8) is 0 Å². The summed E-state index contributed by atoms with van der Waals surface area (Å²) in [5.74, 6) is 1.63. The molecule has 108 valence electrons. The van der Waals surface area contributed by atoms with Crippen LogP contribution in [0.5, 0.6) is 0 Å². The fourth-order valence-corrected chi connectivity index (χ4v) is 2.80. The van der Waals surface area contributed by atoms with Crippen LogP contribution < -0.4 is 5.32 Å². The van der Waals surface area contributed by atoms with Crippen molar-refractivity contribution in [2.45, 2.75) is 78.4 Å². The lowest BCUT2D eigenvalue weighted by Crippen LogP contribution is -2.45. The van der Waals surface area contributed by atoms with Gasteiger partial charge in [-0.2, -0.15) is 0 Å². The Kier molecular flexibility index (Phi) is 7.92. The molecule has 0 aromatic heterocycles. The zero-order valence-corrected chi connectivity index (χ0v) is 12.9. The Morgan fingerprint density at radius 1 is 1.28 bits per heavy atom. The van der Waals surface area contributed by atoms with Crippen LogP contribution in [-0.4, -0.2) is 25.3 Å². The van der Waals surface area contributed by atoms with Crippen LogP contribution in [0.2, 0.25) is 0 Å². The largest absolute Gasteiger partial charge is 0.377 e. The van der Waals surface area contributed by atoms with Crippen molar-refractivity contribution in [2.24, 2.45) is 11.8 Å². The van der Waals surface area contributed by atoms with E-state index in [1.165, 1.54) is 38.5 Å². The molecule has 18 heavy (non-hydrogen) atoms. The fraction of sp³-hybridized carbons (Fsp3) is 1.00. The van der Waals surface area contributed by atoms with Crippen LogP contribution in [0.25, 0.3) is 0 Å². The molecule has 1 aliphatic carbocycles. The van der Waals surface area contributed by atoms with Gasteiger partial charge < -0.3 is 10.1 Å². The van der Waals surface area contributed by atoms with E-state index in [1.807, 2.05) is 0 Å². The zero-order valence-electron chi connectivity index (χ0n) is 12.9. The average molecular weight is 255 g/mol. The summed E-state index contributed by atoms with van der Waals surface area (Å²) in [6, 6.07) is 0.597. The second-order valence-corrected chi connectivity index (χ2v) is 6.42. The summed E-state index contributed by atoms with van der Waals surface area (Å²) in [7, 11) is 0. The van der Waals surface area contributed by atoms with Crippen LogP contribution in [0, 0.1) is 11.8 Å². The number of rotatable bonds is 8. The summed E-state index contributed by atoms with van der Waals surface area (Å²) in [4.78, 5) is 0. The molecule has 0 radical (unpaired) electrons. The normalized spacial score (nSPS) is 28.8. The maximum Gasteiger partial charge on any atom is 0.0730 e. The molecule has 3 unspecified atom stereocenters. The van der Waals surface area contributed by atoms with Crippen molar-refractivity contribution in [2.75, 3.05) is 13.2 Å². The zero-order chi connectivity index (χ0) is 13.4. The van der Waals surface area contributed by atoms with Crippen molar-refractivity contribution >= 4 is 0 Å². The Labute approximate surface area is 114 Å². The molecular weight excluding hydrogens is 222 g/mol. The highest BCUT2D eigenvalue weighted by Gasteiger charge is 2.28. The molecule has 1 aliphatic rings. The van der Waals surface area contributed by atoms with Gasteiger partial charge in [-0.3, -0.25) is 0 Å². The van der Waals surface area contributed by atoms with Gasteiger partial charge in [-0.1, -0.05) is 27.7 Å². The van der Waals surface area contributed by atoms with Gasteiger partial charge in [0.25, 0.3) is 0 Å². The molecule has 2 heteroatoms. The van der Waals surface area contributed by atoms with E-state index in [-0.39, 0.29) is 0 Å². The molecule has 0 aromatic rings. The van der Waals surface area contributed by atoms with Crippen LogP contribution >= 0.6 is 0 Å². The topological polar surface area (TPSA) is 21.3 Å². The average Bonchev–Trinajstić information content (AvgIpc) is 2.33. The standard InChI is InChI=1S/C16H33NO/c1-5-10-17-15-9-8-14(4)12-16(15)18-11-6-7-13(2)3/h13-17H,5-12H2,1-4H3. The third kappa shape index (κ3) is 6.19. The van der Waals surface area contributed by atoms with Gasteiger partial charge in [-0.15, -0.1) is 0 Å². The van der Waals surface area contributed by atoms with E-state index < -0.39 is 0 Å². The van der Waals surface area contributed by atoms with E-state index in [1.54, 1.807) is 0 Å². The molecule has 0 bridgehead atoms. The monoisotopic (exact) mass is 255 g/mol. The molecule has 2 nitrogen and oxygen atoms in total. The fourth-order valence-electron chi connectivity index (χ4n) is 2.80. The molecule has 0 spiro atoms. The summed E-state index contributed by atoms with van der Waals surface area (Å²) < 4.78 is 6.15. The van der Waals surface area contributed by atoms with Crippen LogP contribution in [0.15, 0.2) is 0 Å². The predicted molar refractivity (Wildman–Crippen MR) is 78.9 cm³/mol. The quantitative estimate of drug-likeness (QED) is 0.662. The van der Waals surface area contributed by atoms with Crippen LogP contribution in [-0.2, 0) is 4.74 Å². The Bertz CT molecular complexity index is 203. The summed E-state index contributed by atoms with van der Waals surface area (Å²) in [5.41, 5.74) is 0. The highest BCUT2D eigenvalue weighted by molar-refractivity contribution is 4.84. The van der Waals surface area contributed by atoms with Gasteiger partial charge in [0.05, 0.1) is 6.10 Å². The first-order chi connectivity index (χ1) is 8.63. The molecule has 1 fully saturated rings. The smallest absolute Gasteiger partial charge is 0.0730 e. The summed E-state index contributed by atoms with van der Waals surface area (Å²) >= 11 is 0. The Hall–Kier alpha value is -0.0800. The van der Waals surface area contributed by atoms with Gasteiger partial charge in [-0.25, -0.2) is 0 Å². The molecule has 0 aliphatic heterocycles. The molecule has 0 aromatic carbocycles.